The van der Waals surface area contributed by atoms with Crippen LogP contribution in [0, 0.1) is 33.6 Å². The zero-order valence-corrected chi connectivity index (χ0v) is 23.3. The predicted octanol–water partition coefficient (Wildman–Crippen LogP) is 5.04. The van der Waals surface area contributed by atoms with Crippen molar-refractivity contribution < 1.29 is 18.0 Å². The summed E-state index contributed by atoms with van der Waals surface area (Å²) in [6, 6.07) is 9.35. The molecule has 10 heteroatoms. The molecule has 1 aromatic heterocycles. The Hall–Kier alpha value is -3.08. The van der Waals surface area contributed by atoms with Crippen molar-refractivity contribution in [3.63, 3.8) is 0 Å². The van der Waals surface area contributed by atoms with Gasteiger partial charge in [0.15, 0.2) is 5.13 Å². The highest BCUT2D eigenvalue weighted by Gasteiger charge is 2.34. The molecule has 2 amide bonds. The quantitative estimate of drug-likeness (QED) is 0.455. The average Bonchev–Trinajstić information content (AvgIpc) is 3.31. The Morgan fingerprint density at radius 1 is 0.973 bits per heavy atom. The second kappa shape index (κ2) is 10.7. The Bertz CT molecular complexity index is 1410. The third kappa shape index (κ3) is 5.76. The number of sulfonamides is 1. The normalized spacial score (nSPS) is 14.9. The standard InChI is InChI=1S/C27H32N4O4S2/c1-16-14-17(2)19(4)25(18(16)3)37(34,35)31-12-10-22(11-13-31)26(33)30-27-29-24(15-36-27)21-6-8-23(9-7-21)28-20(5)32/h6-9,14-15,22H,10-13H2,1-5H3,(H,28,32)(H,29,30,33). The number of hydrogen-bond acceptors (Lipinski definition) is 6. The number of anilines is 2. The molecule has 0 saturated carbocycles. The van der Waals surface area contributed by atoms with Crippen LogP contribution in [-0.4, -0.2) is 42.6 Å². The van der Waals surface area contributed by atoms with Crippen LogP contribution in [0.15, 0.2) is 40.6 Å². The lowest BCUT2D eigenvalue weighted by Gasteiger charge is -2.31. The second-order valence-electron chi connectivity index (χ2n) is 9.55. The number of carbonyl (C=O) groups is 2. The van der Waals surface area contributed by atoms with E-state index in [4.69, 9.17) is 0 Å². The minimum absolute atomic E-state index is 0.134. The number of rotatable bonds is 6. The Labute approximate surface area is 222 Å². The fourth-order valence-corrected chi connectivity index (χ4v) is 7.42. The molecule has 0 atom stereocenters. The van der Waals surface area contributed by atoms with Crippen LogP contribution in [0.5, 0.6) is 0 Å². The number of carbonyl (C=O) groups excluding carboxylic acids is 2. The van der Waals surface area contributed by atoms with E-state index in [1.54, 1.807) is 12.1 Å². The maximum Gasteiger partial charge on any atom is 0.243 e. The van der Waals surface area contributed by atoms with Gasteiger partial charge in [-0.2, -0.15) is 4.31 Å². The minimum Gasteiger partial charge on any atom is -0.326 e. The summed E-state index contributed by atoms with van der Waals surface area (Å²) in [6.07, 6.45) is 0.910. The summed E-state index contributed by atoms with van der Waals surface area (Å²) in [5.41, 5.74) is 5.80. The van der Waals surface area contributed by atoms with Crippen molar-refractivity contribution >= 4 is 44.0 Å². The van der Waals surface area contributed by atoms with Crippen LogP contribution in [0.1, 0.15) is 42.0 Å². The van der Waals surface area contributed by atoms with Gasteiger partial charge in [-0.25, -0.2) is 13.4 Å². The first kappa shape index (κ1) is 27.0. The van der Waals surface area contributed by atoms with Gasteiger partial charge in [-0.05, 0) is 74.9 Å². The van der Waals surface area contributed by atoms with E-state index in [0.29, 0.717) is 41.6 Å². The van der Waals surface area contributed by atoms with E-state index < -0.39 is 10.0 Å². The van der Waals surface area contributed by atoms with Crippen molar-refractivity contribution in [2.45, 2.75) is 52.4 Å². The van der Waals surface area contributed by atoms with Crippen LogP contribution in [-0.2, 0) is 19.6 Å². The highest BCUT2D eigenvalue weighted by atomic mass is 32.2. The lowest BCUT2D eigenvalue weighted by Crippen LogP contribution is -2.41. The molecule has 1 aliphatic rings. The lowest BCUT2D eigenvalue weighted by atomic mass is 9.97. The summed E-state index contributed by atoms with van der Waals surface area (Å²) in [7, 11) is -3.65. The monoisotopic (exact) mass is 540 g/mol. The minimum atomic E-state index is -3.65. The molecule has 2 N–H and O–H groups in total. The Kier molecular flexibility index (Phi) is 7.82. The maximum atomic E-state index is 13.5. The molecule has 37 heavy (non-hydrogen) atoms. The zero-order valence-electron chi connectivity index (χ0n) is 21.7. The zero-order chi connectivity index (χ0) is 26.9. The van der Waals surface area contributed by atoms with Gasteiger partial charge in [0, 0.05) is 42.6 Å². The molecule has 0 unspecified atom stereocenters. The van der Waals surface area contributed by atoms with E-state index >= 15 is 0 Å². The van der Waals surface area contributed by atoms with Gasteiger partial charge >= 0.3 is 0 Å². The number of piperidine rings is 1. The fraction of sp³-hybridized carbons (Fsp3) is 0.370. The van der Waals surface area contributed by atoms with Gasteiger partial charge < -0.3 is 10.6 Å². The lowest BCUT2D eigenvalue weighted by molar-refractivity contribution is -0.121. The number of nitrogens with one attached hydrogen (secondary N) is 2. The first-order chi connectivity index (χ1) is 17.5. The molecule has 196 valence electrons. The highest BCUT2D eigenvalue weighted by Crippen LogP contribution is 2.32. The number of thiazole rings is 1. The van der Waals surface area contributed by atoms with Crippen LogP contribution >= 0.6 is 11.3 Å². The maximum absolute atomic E-state index is 13.5. The van der Waals surface area contributed by atoms with Crippen LogP contribution in [0.4, 0.5) is 10.8 Å². The van der Waals surface area contributed by atoms with E-state index in [0.717, 1.165) is 33.5 Å². The number of aromatic nitrogens is 1. The summed E-state index contributed by atoms with van der Waals surface area (Å²) in [6.45, 7) is 9.64. The Morgan fingerprint density at radius 2 is 1.57 bits per heavy atom. The van der Waals surface area contributed by atoms with Gasteiger partial charge in [0.1, 0.15) is 0 Å². The largest absolute Gasteiger partial charge is 0.326 e. The van der Waals surface area contributed by atoms with Crippen molar-refractivity contribution in [3.05, 3.63) is 58.0 Å². The van der Waals surface area contributed by atoms with Crippen molar-refractivity contribution in [1.29, 1.82) is 0 Å². The van der Waals surface area contributed by atoms with E-state index in [2.05, 4.69) is 15.6 Å². The van der Waals surface area contributed by atoms with E-state index in [1.165, 1.54) is 22.6 Å². The van der Waals surface area contributed by atoms with E-state index in [1.807, 2.05) is 51.3 Å². The molecule has 4 rings (SSSR count). The molecule has 2 aromatic carbocycles. The number of aryl methyl sites for hydroxylation is 2. The molecule has 1 fully saturated rings. The first-order valence-electron chi connectivity index (χ1n) is 12.2. The van der Waals surface area contributed by atoms with Crippen molar-refractivity contribution in [1.82, 2.24) is 9.29 Å². The molecule has 0 aliphatic carbocycles. The number of nitrogens with zero attached hydrogens (tertiary/aromatic N) is 2. The van der Waals surface area contributed by atoms with Gasteiger partial charge in [-0.3, -0.25) is 9.59 Å². The molecule has 0 bridgehead atoms. The van der Waals surface area contributed by atoms with Crippen LogP contribution in [0.3, 0.4) is 0 Å². The van der Waals surface area contributed by atoms with Crippen molar-refractivity contribution in [3.8, 4) is 11.3 Å². The second-order valence-corrected chi connectivity index (χ2v) is 12.3. The Balaban J connectivity index is 1.38. The van der Waals surface area contributed by atoms with Gasteiger partial charge in [0.05, 0.1) is 10.6 Å². The number of benzene rings is 2. The molecule has 1 saturated heterocycles. The summed E-state index contributed by atoms with van der Waals surface area (Å²) >= 11 is 1.34. The Morgan fingerprint density at radius 3 is 2.14 bits per heavy atom. The smallest absolute Gasteiger partial charge is 0.243 e. The summed E-state index contributed by atoms with van der Waals surface area (Å²) in [5, 5.41) is 8.00. The third-order valence-electron chi connectivity index (χ3n) is 6.96. The van der Waals surface area contributed by atoms with Gasteiger partial charge in [0.2, 0.25) is 21.8 Å². The van der Waals surface area contributed by atoms with E-state index in [-0.39, 0.29) is 17.7 Å². The molecule has 2 heterocycles. The first-order valence-corrected chi connectivity index (χ1v) is 14.5. The predicted molar refractivity (Wildman–Crippen MR) is 147 cm³/mol. The fourth-order valence-electron chi connectivity index (χ4n) is 4.65. The summed E-state index contributed by atoms with van der Waals surface area (Å²) in [5.74, 6) is -0.555. The van der Waals surface area contributed by atoms with Gasteiger partial charge in [-0.15, -0.1) is 11.3 Å². The molecule has 1 aliphatic heterocycles. The van der Waals surface area contributed by atoms with Crippen LogP contribution in [0.2, 0.25) is 0 Å². The molecular formula is C27H32N4O4S2. The van der Waals surface area contributed by atoms with E-state index in [9.17, 15) is 18.0 Å². The number of amides is 2. The SMILES string of the molecule is CC(=O)Nc1ccc(-c2csc(NC(=O)C3CCN(S(=O)(=O)c4c(C)c(C)cc(C)c4C)CC3)n2)cc1. The molecule has 0 radical (unpaired) electrons. The van der Waals surface area contributed by atoms with Crippen LogP contribution in [0.25, 0.3) is 11.3 Å². The number of hydrogen-bond donors (Lipinski definition) is 2. The third-order valence-corrected chi connectivity index (χ3v) is 9.89. The highest BCUT2D eigenvalue weighted by molar-refractivity contribution is 7.89. The molecule has 0 spiro atoms. The van der Waals surface area contributed by atoms with Crippen LogP contribution < -0.4 is 10.6 Å². The summed E-state index contributed by atoms with van der Waals surface area (Å²) in [4.78, 5) is 29.1. The average molecular weight is 541 g/mol. The van der Waals surface area contributed by atoms with Crippen molar-refractivity contribution in [2.75, 3.05) is 23.7 Å². The van der Waals surface area contributed by atoms with Gasteiger partial charge in [0.25, 0.3) is 0 Å². The summed E-state index contributed by atoms with van der Waals surface area (Å²) < 4.78 is 28.5. The topological polar surface area (TPSA) is 108 Å². The molecule has 3 aromatic rings. The van der Waals surface area contributed by atoms with Gasteiger partial charge in [-0.1, -0.05) is 18.2 Å². The molecule has 8 nitrogen and oxygen atoms in total. The molecular weight excluding hydrogens is 508 g/mol. The van der Waals surface area contributed by atoms with Crippen molar-refractivity contribution in [2.24, 2.45) is 5.92 Å².